The molecule has 1 aromatic rings. The van der Waals surface area contributed by atoms with Crippen LogP contribution in [0.2, 0.25) is 5.02 Å². The molecule has 0 aliphatic carbocycles. The summed E-state index contributed by atoms with van der Waals surface area (Å²) in [4.78, 5) is 10.2. The molecule has 0 radical (unpaired) electrons. The zero-order valence-corrected chi connectivity index (χ0v) is 9.03. The third-order valence-corrected chi connectivity index (χ3v) is 2.01. The topological polar surface area (TPSA) is 73.1 Å². The lowest BCUT2D eigenvalue weighted by molar-refractivity contribution is -0.131. The third-order valence-electron chi connectivity index (χ3n) is 1.77. The van der Waals surface area contributed by atoms with E-state index in [2.05, 4.69) is 5.32 Å². The third kappa shape index (κ3) is 3.64. The van der Waals surface area contributed by atoms with Crippen LogP contribution in [-0.4, -0.2) is 17.6 Å². The Balaban J connectivity index is 2.70. The summed E-state index contributed by atoms with van der Waals surface area (Å²) in [7, 11) is 0. The minimum absolute atomic E-state index is 0.321. The van der Waals surface area contributed by atoms with Gasteiger partial charge in [-0.1, -0.05) is 17.7 Å². The molecule has 16 heavy (non-hydrogen) atoms. The molecule has 0 bridgehead atoms. The van der Waals surface area contributed by atoms with Crippen LogP contribution >= 0.6 is 11.6 Å². The molecule has 5 heteroatoms. The number of hydrogen-bond donors (Lipinski definition) is 2. The van der Waals surface area contributed by atoms with Gasteiger partial charge >= 0.3 is 5.97 Å². The number of carboxylic acid groups (broad SMARTS) is 1. The number of nitriles is 1. The second-order valence-electron chi connectivity index (χ2n) is 2.92. The summed E-state index contributed by atoms with van der Waals surface area (Å²) in [6.45, 7) is 0.321. The Morgan fingerprint density at radius 1 is 1.62 bits per heavy atom. The largest absolute Gasteiger partial charge is 0.478 e. The Kier molecular flexibility index (Phi) is 4.37. The van der Waals surface area contributed by atoms with E-state index in [9.17, 15) is 4.79 Å². The highest BCUT2D eigenvalue weighted by Crippen LogP contribution is 2.19. The standard InChI is InChI=1S/C11H9ClN2O2/c12-9-4-3-8(7-13)10(6-9)14-5-1-2-11(15)16/h1-4,6,14H,5H2,(H,15,16)/b2-1+. The molecule has 0 saturated heterocycles. The smallest absolute Gasteiger partial charge is 0.328 e. The van der Waals surface area contributed by atoms with Crippen LogP contribution < -0.4 is 5.32 Å². The second-order valence-corrected chi connectivity index (χ2v) is 3.36. The van der Waals surface area contributed by atoms with Crippen LogP contribution in [0, 0.1) is 11.3 Å². The molecule has 2 N–H and O–H groups in total. The Bertz CT molecular complexity index is 464. The van der Waals surface area contributed by atoms with Crippen molar-refractivity contribution in [1.82, 2.24) is 0 Å². The van der Waals surface area contributed by atoms with Gasteiger partial charge in [0.1, 0.15) is 6.07 Å². The van der Waals surface area contributed by atoms with Gasteiger partial charge < -0.3 is 10.4 Å². The zero-order chi connectivity index (χ0) is 12.0. The monoisotopic (exact) mass is 236 g/mol. The van der Waals surface area contributed by atoms with Crippen molar-refractivity contribution in [3.63, 3.8) is 0 Å². The van der Waals surface area contributed by atoms with Crippen LogP contribution in [-0.2, 0) is 4.79 Å². The number of benzene rings is 1. The summed E-state index contributed by atoms with van der Waals surface area (Å²) in [6, 6.07) is 6.86. The summed E-state index contributed by atoms with van der Waals surface area (Å²) in [5.41, 5.74) is 1.05. The molecule has 0 fully saturated rings. The number of hydrogen-bond acceptors (Lipinski definition) is 3. The first-order chi connectivity index (χ1) is 7.63. The first-order valence-corrected chi connectivity index (χ1v) is 4.84. The van der Waals surface area contributed by atoms with Gasteiger partial charge in [-0.3, -0.25) is 0 Å². The van der Waals surface area contributed by atoms with Crippen molar-refractivity contribution in [3.05, 3.63) is 40.9 Å². The summed E-state index contributed by atoms with van der Waals surface area (Å²) in [6.07, 6.45) is 2.48. The summed E-state index contributed by atoms with van der Waals surface area (Å²) in [5.74, 6) is -1.01. The van der Waals surface area contributed by atoms with Gasteiger partial charge in [0.05, 0.1) is 11.3 Å². The van der Waals surface area contributed by atoms with Gasteiger partial charge in [-0.2, -0.15) is 5.26 Å². The SMILES string of the molecule is N#Cc1ccc(Cl)cc1NC/C=C/C(=O)O. The first-order valence-electron chi connectivity index (χ1n) is 4.46. The highest BCUT2D eigenvalue weighted by molar-refractivity contribution is 6.30. The molecular weight excluding hydrogens is 228 g/mol. The van der Waals surface area contributed by atoms with Crippen molar-refractivity contribution < 1.29 is 9.90 Å². The number of anilines is 1. The molecule has 1 rings (SSSR count). The molecule has 0 aliphatic heterocycles. The van der Waals surface area contributed by atoms with Crippen molar-refractivity contribution in [2.45, 2.75) is 0 Å². The minimum atomic E-state index is -1.01. The van der Waals surface area contributed by atoms with E-state index in [1.165, 1.54) is 6.08 Å². The molecule has 0 amide bonds. The van der Waals surface area contributed by atoms with Crippen molar-refractivity contribution in [1.29, 1.82) is 5.26 Å². The number of rotatable bonds is 4. The maximum absolute atomic E-state index is 10.2. The molecule has 0 heterocycles. The summed E-state index contributed by atoms with van der Waals surface area (Å²) >= 11 is 5.78. The van der Waals surface area contributed by atoms with E-state index in [0.717, 1.165) is 6.08 Å². The fourth-order valence-electron chi connectivity index (χ4n) is 1.09. The lowest BCUT2D eigenvalue weighted by Gasteiger charge is -2.05. The molecule has 0 spiro atoms. The van der Waals surface area contributed by atoms with Crippen molar-refractivity contribution >= 4 is 23.3 Å². The average Bonchev–Trinajstić information content (AvgIpc) is 2.24. The summed E-state index contributed by atoms with van der Waals surface area (Å²) < 4.78 is 0. The summed E-state index contributed by atoms with van der Waals surface area (Å²) in [5, 5.41) is 20.6. The Hall–Kier alpha value is -1.99. The Morgan fingerprint density at radius 2 is 2.38 bits per heavy atom. The van der Waals surface area contributed by atoms with Crippen molar-refractivity contribution in [2.75, 3.05) is 11.9 Å². The van der Waals surface area contributed by atoms with E-state index < -0.39 is 5.97 Å². The van der Waals surface area contributed by atoms with Crippen LogP contribution in [0.4, 0.5) is 5.69 Å². The van der Waals surface area contributed by atoms with E-state index in [-0.39, 0.29) is 0 Å². The molecule has 0 unspecified atom stereocenters. The molecule has 0 aliphatic rings. The van der Waals surface area contributed by atoms with Gasteiger partial charge in [-0.25, -0.2) is 4.79 Å². The average molecular weight is 237 g/mol. The lowest BCUT2D eigenvalue weighted by atomic mass is 10.2. The predicted octanol–water partition coefficient (Wildman–Crippen LogP) is 2.26. The van der Waals surface area contributed by atoms with Gasteiger partial charge in [0.2, 0.25) is 0 Å². The van der Waals surface area contributed by atoms with E-state index in [1.54, 1.807) is 18.2 Å². The van der Waals surface area contributed by atoms with E-state index in [4.69, 9.17) is 22.0 Å². The first kappa shape index (κ1) is 12.1. The number of aliphatic carboxylic acids is 1. The van der Waals surface area contributed by atoms with Crippen LogP contribution in [0.3, 0.4) is 0 Å². The number of carboxylic acids is 1. The van der Waals surface area contributed by atoms with Crippen molar-refractivity contribution in [2.24, 2.45) is 0 Å². The van der Waals surface area contributed by atoms with E-state index >= 15 is 0 Å². The maximum Gasteiger partial charge on any atom is 0.328 e. The van der Waals surface area contributed by atoms with Gasteiger partial charge in [-0.15, -0.1) is 0 Å². The van der Waals surface area contributed by atoms with Crippen LogP contribution in [0.5, 0.6) is 0 Å². The molecule has 4 nitrogen and oxygen atoms in total. The molecule has 82 valence electrons. The van der Waals surface area contributed by atoms with E-state index in [0.29, 0.717) is 22.8 Å². The predicted molar refractivity (Wildman–Crippen MR) is 61.4 cm³/mol. The minimum Gasteiger partial charge on any atom is -0.478 e. The Morgan fingerprint density at radius 3 is 3.00 bits per heavy atom. The fourth-order valence-corrected chi connectivity index (χ4v) is 1.26. The highest BCUT2D eigenvalue weighted by Gasteiger charge is 2.00. The number of nitrogens with zero attached hydrogens (tertiary/aromatic N) is 1. The molecule has 0 aromatic heterocycles. The van der Waals surface area contributed by atoms with Gasteiger partial charge in [0, 0.05) is 17.6 Å². The second kappa shape index (κ2) is 5.79. The number of carbonyl (C=O) groups is 1. The highest BCUT2D eigenvalue weighted by atomic mass is 35.5. The maximum atomic E-state index is 10.2. The lowest BCUT2D eigenvalue weighted by Crippen LogP contribution is -2.01. The quantitative estimate of drug-likeness (QED) is 0.787. The van der Waals surface area contributed by atoms with Gasteiger partial charge in [0.15, 0.2) is 0 Å². The molecule has 1 aromatic carbocycles. The molecule has 0 atom stereocenters. The Labute approximate surface area is 97.8 Å². The van der Waals surface area contributed by atoms with E-state index in [1.807, 2.05) is 6.07 Å². The van der Waals surface area contributed by atoms with Crippen LogP contribution in [0.25, 0.3) is 0 Å². The van der Waals surface area contributed by atoms with Gasteiger partial charge in [0.25, 0.3) is 0 Å². The molecule has 0 saturated carbocycles. The van der Waals surface area contributed by atoms with Crippen LogP contribution in [0.15, 0.2) is 30.4 Å². The fraction of sp³-hybridized carbons (Fsp3) is 0.0909. The number of halogens is 1. The number of nitrogens with one attached hydrogen (secondary N) is 1. The van der Waals surface area contributed by atoms with Crippen molar-refractivity contribution in [3.8, 4) is 6.07 Å². The zero-order valence-electron chi connectivity index (χ0n) is 8.27. The molecular formula is C11H9ClN2O2. The van der Waals surface area contributed by atoms with Gasteiger partial charge in [-0.05, 0) is 18.2 Å². The van der Waals surface area contributed by atoms with Crippen LogP contribution in [0.1, 0.15) is 5.56 Å². The normalized spacial score (nSPS) is 10.0.